The van der Waals surface area contributed by atoms with Crippen LogP contribution in [0.25, 0.3) is 0 Å². The van der Waals surface area contributed by atoms with Gasteiger partial charge in [-0.25, -0.2) is 0 Å². The Morgan fingerprint density at radius 2 is 1.73 bits per heavy atom. The van der Waals surface area contributed by atoms with Crippen LogP contribution in [0.4, 0.5) is 0 Å². The minimum Gasteiger partial charge on any atom is -0.394 e. The maximum absolute atomic E-state index is 12.2. The second-order valence-corrected chi connectivity index (χ2v) is 15.4. The average Bonchev–Trinajstić information content (AvgIpc) is 3.27. The highest BCUT2D eigenvalue weighted by Gasteiger charge is 2.66. The SMILES string of the molecule is CO[C@H]1[C@H](O)[C@H](O[C@@H]2[C@H](O)C[C@@H](O[C@H]3CC[C@@]4(C)C(=CC[C@@H]5[C@H]4CC[C@]4(C)[C@@H]([C@H](C)O)CC[C@]54O)C3)O[C@H]2C)O[C@@H](CO)[C@H]1O. The van der Waals surface area contributed by atoms with Gasteiger partial charge >= 0.3 is 0 Å². The van der Waals surface area contributed by atoms with Crippen LogP contribution in [0, 0.1) is 28.6 Å². The molecule has 0 unspecified atom stereocenters. The third kappa shape index (κ3) is 5.56. The van der Waals surface area contributed by atoms with Gasteiger partial charge in [0.15, 0.2) is 12.6 Å². The molecule has 258 valence electrons. The lowest BCUT2D eigenvalue weighted by Gasteiger charge is -2.61. The Morgan fingerprint density at radius 1 is 0.978 bits per heavy atom. The minimum atomic E-state index is -1.33. The molecule has 6 N–H and O–H groups in total. The van der Waals surface area contributed by atoms with Crippen molar-refractivity contribution in [3.8, 4) is 0 Å². The number of hydrogen-bond donors (Lipinski definition) is 6. The molecule has 5 fully saturated rings. The van der Waals surface area contributed by atoms with E-state index in [1.807, 2.05) is 6.92 Å². The Balaban J connectivity index is 1.07. The Kier molecular flexibility index (Phi) is 9.60. The average molecular weight is 641 g/mol. The Labute approximate surface area is 266 Å². The molecule has 0 aromatic carbocycles. The highest BCUT2D eigenvalue weighted by atomic mass is 16.7. The van der Waals surface area contributed by atoms with E-state index in [1.165, 1.54) is 12.7 Å². The lowest BCUT2D eigenvalue weighted by molar-refractivity contribution is -0.345. The zero-order chi connectivity index (χ0) is 32.5. The fourth-order valence-corrected chi connectivity index (χ4v) is 10.6. The molecule has 11 heteroatoms. The summed E-state index contributed by atoms with van der Waals surface area (Å²) < 4.78 is 29.4. The zero-order valence-corrected chi connectivity index (χ0v) is 27.5. The van der Waals surface area contributed by atoms with E-state index in [9.17, 15) is 30.6 Å². The Morgan fingerprint density at radius 3 is 2.40 bits per heavy atom. The standard InChI is InChI=1S/C34H56O11/c1-17(36)21-10-13-34(40)23-7-6-19-14-20(8-11-32(19,3)22(23)9-12-33(21,34)4)43-26-15-24(37)29(18(2)42-26)45-31-28(39)30(41-5)27(38)25(16-35)44-31/h6,17-18,20-31,35-40H,7-16H2,1-5H3/t17-,18-,20-,21+,22+,23+,24+,25-,26+,27+,28-,29-,30+,31-,32-,33+,34-/m0/s1. The van der Waals surface area contributed by atoms with Crippen LogP contribution < -0.4 is 0 Å². The summed E-state index contributed by atoms with van der Waals surface area (Å²) in [5.74, 6) is 0.732. The predicted octanol–water partition coefficient (Wildman–Crippen LogP) is 1.78. The lowest BCUT2D eigenvalue weighted by atomic mass is 9.45. The zero-order valence-electron chi connectivity index (χ0n) is 27.5. The number of aliphatic hydroxyl groups is 6. The molecule has 0 amide bonds. The van der Waals surface area contributed by atoms with E-state index in [1.54, 1.807) is 6.92 Å². The van der Waals surface area contributed by atoms with Crippen molar-refractivity contribution in [1.82, 2.24) is 0 Å². The summed E-state index contributed by atoms with van der Waals surface area (Å²) in [5.41, 5.74) is 0.400. The largest absolute Gasteiger partial charge is 0.394 e. The van der Waals surface area contributed by atoms with Gasteiger partial charge in [0.1, 0.15) is 30.5 Å². The topological polar surface area (TPSA) is 168 Å². The number of hydrogen-bond acceptors (Lipinski definition) is 11. The third-order valence-electron chi connectivity index (χ3n) is 13.3. The molecule has 2 heterocycles. The molecule has 0 radical (unpaired) electrons. The van der Waals surface area contributed by atoms with Crippen LogP contribution in [0.2, 0.25) is 0 Å². The first-order chi connectivity index (χ1) is 21.3. The third-order valence-corrected chi connectivity index (χ3v) is 13.3. The van der Waals surface area contributed by atoms with E-state index >= 15 is 0 Å². The molecular weight excluding hydrogens is 584 g/mol. The van der Waals surface area contributed by atoms with Crippen LogP contribution in [-0.2, 0) is 23.7 Å². The molecule has 0 spiro atoms. The fraction of sp³-hybridized carbons (Fsp3) is 0.941. The first kappa shape index (κ1) is 34.2. The van der Waals surface area contributed by atoms with Crippen molar-refractivity contribution < 1.29 is 54.3 Å². The van der Waals surface area contributed by atoms with Crippen molar-refractivity contribution in [3.63, 3.8) is 0 Å². The van der Waals surface area contributed by atoms with Crippen molar-refractivity contribution in [2.75, 3.05) is 13.7 Å². The highest BCUT2D eigenvalue weighted by molar-refractivity contribution is 5.28. The quantitative estimate of drug-likeness (QED) is 0.225. The van der Waals surface area contributed by atoms with Crippen molar-refractivity contribution in [2.45, 2.75) is 159 Å². The summed E-state index contributed by atoms with van der Waals surface area (Å²) in [6, 6.07) is 0. The monoisotopic (exact) mass is 640 g/mol. The molecule has 0 bridgehead atoms. The van der Waals surface area contributed by atoms with Crippen molar-refractivity contribution >= 4 is 0 Å². The number of aliphatic hydroxyl groups excluding tert-OH is 5. The first-order valence-corrected chi connectivity index (χ1v) is 17.2. The summed E-state index contributed by atoms with van der Waals surface area (Å²) in [6.45, 7) is 7.76. The van der Waals surface area contributed by atoms with Gasteiger partial charge in [-0.3, -0.25) is 0 Å². The van der Waals surface area contributed by atoms with E-state index < -0.39 is 73.6 Å². The normalized spacial score (nSPS) is 54.0. The van der Waals surface area contributed by atoms with Crippen LogP contribution in [-0.4, -0.2) is 117 Å². The minimum absolute atomic E-state index is 0.00279. The van der Waals surface area contributed by atoms with E-state index in [0.29, 0.717) is 5.92 Å². The number of methoxy groups -OCH3 is 1. The van der Waals surface area contributed by atoms with Gasteiger partial charge in [0.25, 0.3) is 0 Å². The first-order valence-electron chi connectivity index (χ1n) is 17.2. The molecule has 11 nitrogen and oxygen atoms in total. The highest BCUT2D eigenvalue weighted by Crippen LogP contribution is 2.68. The van der Waals surface area contributed by atoms with Crippen LogP contribution in [0.5, 0.6) is 0 Å². The molecule has 17 atom stereocenters. The second-order valence-electron chi connectivity index (χ2n) is 15.4. The van der Waals surface area contributed by atoms with Crippen molar-refractivity contribution in [3.05, 3.63) is 11.6 Å². The maximum atomic E-state index is 12.2. The summed E-state index contributed by atoms with van der Waals surface area (Å²) in [7, 11) is 1.35. The molecule has 3 saturated carbocycles. The van der Waals surface area contributed by atoms with Gasteiger partial charge in [0.05, 0.1) is 36.6 Å². The molecular formula is C34H56O11. The van der Waals surface area contributed by atoms with Crippen molar-refractivity contribution in [2.24, 2.45) is 28.6 Å². The van der Waals surface area contributed by atoms with Gasteiger partial charge < -0.3 is 54.3 Å². The number of rotatable bonds is 7. The van der Waals surface area contributed by atoms with Crippen LogP contribution >= 0.6 is 0 Å². The van der Waals surface area contributed by atoms with Gasteiger partial charge in [-0.2, -0.15) is 0 Å². The van der Waals surface area contributed by atoms with Crippen LogP contribution in [0.15, 0.2) is 11.6 Å². The van der Waals surface area contributed by atoms with Gasteiger partial charge in [0.2, 0.25) is 0 Å². The summed E-state index contributed by atoms with van der Waals surface area (Å²) in [5, 5.41) is 64.5. The molecule has 0 aromatic rings. The Bertz CT molecular complexity index is 1070. The summed E-state index contributed by atoms with van der Waals surface area (Å²) in [4.78, 5) is 0. The molecule has 0 aromatic heterocycles. The maximum Gasteiger partial charge on any atom is 0.187 e. The lowest BCUT2D eigenvalue weighted by Crippen LogP contribution is -2.62. The fourth-order valence-electron chi connectivity index (χ4n) is 10.6. The molecule has 6 rings (SSSR count). The molecule has 6 aliphatic rings. The van der Waals surface area contributed by atoms with E-state index in [4.69, 9.17) is 23.7 Å². The van der Waals surface area contributed by atoms with Gasteiger partial charge in [-0.1, -0.05) is 25.5 Å². The van der Waals surface area contributed by atoms with Gasteiger partial charge in [0, 0.05) is 18.9 Å². The van der Waals surface area contributed by atoms with Gasteiger partial charge in [-0.15, -0.1) is 0 Å². The van der Waals surface area contributed by atoms with E-state index in [-0.39, 0.29) is 35.2 Å². The predicted molar refractivity (Wildman–Crippen MR) is 162 cm³/mol. The Hall–Kier alpha value is -0.700. The molecule has 2 saturated heterocycles. The summed E-state index contributed by atoms with van der Waals surface area (Å²) in [6.07, 6.45) is 0.413. The van der Waals surface area contributed by atoms with Crippen LogP contribution in [0.3, 0.4) is 0 Å². The van der Waals surface area contributed by atoms with Gasteiger partial charge in [-0.05, 0) is 88.4 Å². The van der Waals surface area contributed by atoms with E-state index in [0.717, 1.165) is 51.4 Å². The van der Waals surface area contributed by atoms with Crippen molar-refractivity contribution in [1.29, 1.82) is 0 Å². The summed E-state index contributed by atoms with van der Waals surface area (Å²) >= 11 is 0. The van der Waals surface area contributed by atoms with E-state index in [2.05, 4.69) is 19.9 Å². The molecule has 4 aliphatic carbocycles. The second kappa shape index (κ2) is 12.6. The molecule has 2 aliphatic heterocycles. The molecule has 45 heavy (non-hydrogen) atoms. The smallest absolute Gasteiger partial charge is 0.187 e. The number of allylic oxidation sites excluding steroid dienone is 1. The number of fused-ring (bicyclic) bond motifs is 5. The van der Waals surface area contributed by atoms with Crippen LogP contribution in [0.1, 0.15) is 85.5 Å². The number of ether oxygens (including phenoxy) is 5.